The van der Waals surface area contributed by atoms with Crippen LogP contribution < -0.4 is 51.4 Å². The molecule has 0 heterocycles. The maximum atomic E-state index is 11.9. The molecule has 0 aliphatic heterocycles. The first-order valence-electron chi connectivity index (χ1n) is 4.82. The van der Waals surface area contributed by atoms with Gasteiger partial charge in [0.25, 0.3) is 0 Å². The molecule has 0 bridgehead atoms. The number of hydrogen-bond donors (Lipinski definition) is 0. The minimum Gasteiger partial charge on any atom is -1.00 e. The molecule has 0 unspecified atom stereocenters. The maximum absolute atomic E-state index is 11.9. The first-order valence-corrected chi connectivity index (χ1v) is 4.82. The van der Waals surface area contributed by atoms with E-state index in [9.17, 15) is 60.6 Å². The number of hydrogen-bond acceptors (Lipinski definition) is 0. The summed E-state index contributed by atoms with van der Waals surface area (Å²) >= 11 is 0. The summed E-state index contributed by atoms with van der Waals surface area (Å²) in [7, 11) is -18.0. The van der Waals surface area contributed by atoms with Crippen molar-refractivity contribution < 1.29 is 113 Å². The summed E-state index contributed by atoms with van der Waals surface area (Å²) < 4.78 is 141. The Morgan fingerprint density at radius 1 is 0.542 bits per heavy atom. The van der Waals surface area contributed by atoms with E-state index >= 15 is 0 Å². The van der Waals surface area contributed by atoms with E-state index in [1.165, 1.54) is 18.2 Å². The fourth-order valence-corrected chi connectivity index (χ4v) is 0.460. The van der Waals surface area contributed by atoms with Gasteiger partial charge in [-0.3, -0.25) is 0 Å². The van der Waals surface area contributed by atoms with E-state index in [0.29, 0.717) is 0 Å². The van der Waals surface area contributed by atoms with Crippen molar-refractivity contribution in [3.63, 3.8) is 0 Å². The van der Waals surface area contributed by atoms with Gasteiger partial charge in [0.05, 0.1) is 0 Å². The number of rotatable bonds is 0. The third-order valence-corrected chi connectivity index (χ3v) is 0.787. The molecule has 0 saturated heterocycles. The number of halogens is 14. The molecular formula is C6H5B3F14K-3. The molecule has 0 spiro atoms. The summed E-state index contributed by atoms with van der Waals surface area (Å²) in [5.74, 6) is -1.07. The van der Waals surface area contributed by atoms with Gasteiger partial charge < -0.3 is 53.2 Å². The smallest absolute Gasteiger partial charge is 1.00 e. The first kappa shape index (κ1) is 31.8. The van der Waals surface area contributed by atoms with Crippen LogP contribution in [0, 0.1) is 11.6 Å². The Morgan fingerprint density at radius 3 is 0.792 bits per heavy atom. The molecule has 0 aliphatic carbocycles. The van der Waals surface area contributed by atoms with Crippen molar-refractivity contribution in [3.8, 4) is 0 Å². The molecule has 0 fully saturated rings. The molecule has 1 aromatic carbocycles. The quantitative estimate of drug-likeness (QED) is 0.452. The van der Waals surface area contributed by atoms with E-state index in [2.05, 4.69) is 0 Å². The van der Waals surface area contributed by atoms with E-state index in [0.717, 1.165) is 6.07 Å². The molecule has 0 aromatic heterocycles. The topological polar surface area (TPSA) is 0 Å². The zero-order valence-electron chi connectivity index (χ0n) is 12.3. The van der Waals surface area contributed by atoms with Gasteiger partial charge in [-0.1, -0.05) is 6.07 Å². The van der Waals surface area contributed by atoms with Gasteiger partial charge in [-0.2, -0.15) is 0 Å². The van der Waals surface area contributed by atoms with E-state index in [1.54, 1.807) is 0 Å². The van der Waals surface area contributed by atoms with Gasteiger partial charge in [0.2, 0.25) is 0 Å². The van der Waals surface area contributed by atoms with Gasteiger partial charge >= 0.3 is 73.1 Å². The second-order valence-corrected chi connectivity index (χ2v) is 2.92. The van der Waals surface area contributed by atoms with Crippen LogP contribution in [0.1, 0.15) is 1.43 Å². The molecule has 0 nitrogen and oxygen atoms in total. The molecule has 24 heavy (non-hydrogen) atoms. The number of benzene rings is 1. The van der Waals surface area contributed by atoms with Gasteiger partial charge in [-0.05, 0) is 12.1 Å². The monoisotopic (exact) mass is 415 g/mol. The van der Waals surface area contributed by atoms with Gasteiger partial charge in [0.15, 0.2) is 0 Å². The van der Waals surface area contributed by atoms with Crippen molar-refractivity contribution in [1.29, 1.82) is 0 Å². The zero-order chi connectivity index (χ0) is 19.5. The summed E-state index contributed by atoms with van der Waals surface area (Å²) in [4.78, 5) is 0. The van der Waals surface area contributed by atoms with Crippen LogP contribution in [-0.2, 0) is 0 Å². The predicted octanol–water partition coefficient (Wildman–Crippen LogP) is 2.98. The first-order chi connectivity index (χ1) is 9.79. The fourth-order valence-electron chi connectivity index (χ4n) is 0.460. The van der Waals surface area contributed by atoms with Crippen molar-refractivity contribution in [2.24, 2.45) is 0 Å². The average molecular weight is 415 g/mol. The van der Waals surface area contributed by atoms with Crippen molar-refractivity contribution >= 4 is 21.8 Å². The van der Waals surface area contributed by atoms with Crippen LogP contribution in [-0.4, -0.2) is 21.8 Å². The SMILES string of the molecule is F[B-](F)(F)F.F[B-](F)(F)F.F[B-](F)(F)F.Fc1cccc(F)c1.[H-].[K+]. The van der Waals surface area contributed by atoms with E-state index < -0.39 is 33.4 Å². The van der Waals surface area contributed by atoms with Gasteiger partial charge in [0.1, 0.15) is 11.6 Å². The minimum atomic E-state index is -6.00. The van der Waals surface area contributed by atoms with E-state index in [4.69, 9.17) is 0 Å². The van der Waals surface area contributed by atoms with Crippen LogP contribution in [0.5, 0.6) is 0 Å². The van der Waals surface area contributed by atoms with E-state index in [-0.39, 0.29) is 52.8 Å². The van der Waals surface area contributed by atoms with Crippen LogP contribution in [0.2, 0.25) is 0 Å². The van der Waals surface area contributed by atoms with Gasteiger partial charge in [-0.15, -0.1) is 0 Å². The molecule has 0 atom stereocenters. The standard InChI is InChI=1S/C6H4F2.3BF4.K.H/c7-5-2-1-3-6(8)4-5;3*2-1(3,4)5;;/h1-4H;;;;;/q;3*-1;+1;-1. The zero-order valence-corrected chi connectivity index (χ0v) is 14.5. The second-order valence-electron chi connectivity index (χ2n) is 2.92. The minimum absolute atomic E-state index is 0. The summed E-state index contributed by atoms with van der Waals surface area (Å²) in [6.45, 7) is 0. The van der Waals surface area contributed by atoms with Crippen molar-refractivity contribution in [3.05, 3.63) is 35.9 Å². The largest absolute Gasteiger partial charge is 1.00 e. The van der Waals surface area contributed by atoms with Crippen molar-refractivity contribution in [2.75, 3.05) is 0 Å². The molecule has 18 heteroatoms. The van der Waals surface area contributed by atoms with Crippen LogP contribution in [0.15, 0.2) is 24.3 Å². The van der Waals surface area contributed by atoms with Gasteiger partial charge in [-0.25, -0.2) is 8.78 Å². The van der Waals surface area contributed by atoms with Crippen LogP contribution in [0.3, 0.4) is 0 Å². The van der Waals surface area contributed by atoms with Crippen LogP contribution in [0.25, 0.3) is 0 Å². The molecule has 0 amide bonds. The Balaban J connectivity index is -0.0000000714. The Kier molecular flexibility index (Phi) is 18.9. The molecule has 0 radical (unpaired) electrons. The molecule has 1 aromatic rings. The van der Waals surface area contributed by atoms with Gasteiger partial charge in [0, 0.05) is 6.07 Å². The molecule has 140 valence electrons. The Morgan fingerprint density at radius 2 is 0.708 bits per heavy atom. The predicted molar refractivity (Wildman–Crippen MR) is 58.0 cm³/mol. The van der Waals surface area contributed by atoms with Crippen molar-refractivity contribution in [1.82, 2.24) is 0 Å². The third-order valence-electron chi connectivity index (χ3n) is 0.787. The Bertz CT molecular complexity index is 356. The molecule has 0 saturated carbocycles. The second kappa shape index (κ2) is 14.3. The Hall–Kier alpha value is 0.0712. The van der Waals surface area contributed by atoms with Crippen molar-refractivity contribution in [2.45, 2.75) is 0 Å². The average Bonchev–Trinajstić information content (AvgIpc) is 2.07. The normalized spacial score (nSPS) is 10.6. The summed E-state index contributed by atoms with van der Waals surface area (Å²) in [5, 5.41) is 0. The molecule has 1 rings (SSSR count). The third kappa shape index (κ3) is 96.6. The molecule has 0 aliphatic rings. The molecular weight excluding hydrogens is 410 g/mol. The molecule has 0 N–H and O–H groups in total. The van der Waals surface area contributed by atoms with Crippen LogP contribution >= 0.6 is 0 Å². The summed E-state index contributed by atoms with van der Waals surface area (Å²) in [5.41, 5.74) is 0. The van der Waals surface area contributed by atoms with Crippen LogP contribution in [0.4, 0.5) is 60.6 Å². The maximum Gasteiger partial charge on any atom is 1.00 e. The fraction of sp³-hybridized carbons (Fsp3) is 0. The Labute approximate surface area is 170 Å². The summed E-state index contributed by atoms with van der Waals surface area (Å²) in [6, 6.07) is 4.55. The van der Waals surface area contributed by atoms with E-state index in [1.807, 2.05) is 0 Å². The summed E-state index contributed by atoms with van der Waals surface area (Å²) in [6.07, 6.45) is 0.